The van der Waals surface area contributed by atoms with E-state index in [9.17, 15) is 4.79 Å². The second kappa shape index (κ2) is 7.71. The Labute approximate surface area is 109 Å². The topological polar surface area (TPSA) is 67.2 Å². The number of nitrogens with two attached hydrogens (primary N) is 1. The maximum atomic E-state index is 10.7. The van der Waals surface area contributed by atoms with Crippen LogP contribution in [0.1, 0.15) is 44.7 Å². The molecular formula is C14H23N3O. The number of benzene rings is 1. The van der Waals surface area contributed by atoms with Gasteiger partial charge in [0.05, 0.1) is 0 Å². The van der Waals surface area contributed by atoms with Crippen LogP contribution in [0.3, 0.4) is 0 Å². The Kier molecular flexibility index (Phi) is 6.22. The molecule has 0 radical (unpaired) electrons. The summed E-state index contributed by atoms with van der Waals surface area (Å²) in [6, 6.07) is 7.53. The molecule has 0 aliphatic heterocycles. The van der Waals surface area contributed by atoms with Gasteiger partial charge in [-0.25, -0.2) is 4.79 Å². The second-order valence-electron chi connectivity index (χ2n) is 4.49. The number of nitrogens with one attached hydrogen (secondary N) is 2. The van der Waals surface area contributed by atoms with Crippen LogP contribution in [0, 0.1) is 0 Å². The molecule has 1 aromatic rings. The van der Waals surface area contributed by atoms with E-state index in [0.29, 0.717) is 6.04 Å². The van der Waals surface area contributed by atoms with Gasteiger partial charge < -0.3 is 16.4 Å². The lowest BCUT2D eigenvalue weighted by Gasteiger charge is -2.14. The van der Waals surface area contributed by atoms with Crippen LogP contribution in [0.5, 0.6) is 0 Å². The second-order valence-corrected chi connectivity index (χ2v) is 4.49. The summed E-state index contributed by atoms with van der Waals surface area (Å²) >= 11 is 0. The molecule has 0 saturated carbocycles. The van der Waals surface area contributed by atoms with Crippen molar-refractivity contribution < 1.29 is 4.79 Å². The Morgan fingerprint density at radius 2 is 1.94 bits per heavy atom. The summed E-state index contributed by atoms with van der Waals surface area (Å²) < 4.78 is 0. The van der Waals surface area contributed by atoms with Crippen LogP contribution in [-0.4, -0.2) is 12.6 Å². The first-order valence-corrected chi connectivity index (χ1v) is 6.53. The Morgan fingerprint density at radius 3 is 2.50 bits per heavy atom. The van der Waals surface area contributed by atoms with E-state index < -0.39 is 6.03 Å². The monoisotopic (exact) mass is 249 g/mol. The van der Waals surface area contributed by atoms with Crippen LogP contribution >= 0.6 is 0 Å². The van der Waals surface area contributed by atoms with Crippen LogP contribution in [-0.2, 0) is 0 Å². The molecular weight excluding hydrogens is 226 g/mol. The summed E-state index contributed by atoms with van der Waals surface area (Å²) in [5, 5.41) is 6.03. The van der Waals surface area contributed by atoms with Crippen LogP contribution in [0.25, 0.3) is 0 Å². The van der Waals surface area contributed by atoms with Gasteiger partial charge in [-0.2, -0.15) is 0 Å². The molecule has 0 spiro atoms. The average molecular weight is 249 g/mol. The Balaban J connectivity index is 2.43. The SMILES string of the molecule is CCCCCNC(C)c1ccc(NC(N)=O)cc1. The molecule has 0 heterocycles. The maximum absolute atomic E-state index is 10.7. The highest BCUT2D eigenvalue weighted by Gasteiger charge is 2.04. The number of anilines is 1. The minimum atomic E-state index is -0.534. The number of hydrogen-bond acceptors (Lipinski definition) is 2. The molecule has 0 saturated heterocycles. The molecule has 1 rings (SSSR count). The van der Waals surface area contributed by atoms with Crippen molar-refractivity contribution in [3.05, 3.63) is 29.8 Å². The zero-order valence-corrected chi connectivity index (χ0v) is 11.2. The number of amides is 2. The summed E-state index contributed by atoms with van der Waals surface area (Å²) in [7, 11) is 0. The minimum Gasteiger partial charge on any atom is -0.351 e. The molecule has 4 heteroatoms. The average Bonchev–Trinajstić information content (AvgIpc) is 2.34. The molecule has 0 bridgehead atoms. The van der Waals surface area contributed by atoms with E-state index in [1.165, 1.54) is 24.8 Å². The molecule has 0 aliphatic rings. The molecule has 100 valence electrons. The summed E-state index contributed by atoms with van der Waals surface area (Å²) in [4.78, 5) is 10.7. The number of carbonyl (C=O) groups is 1. The number of carbonyl (C=O) groups excluding carboxylic acids is 1. The fourth-order valence-corrected chi connectivity index (χ4v) is 1.81. The van der Waals surface area contributed by atoms with Crippen molar-refractivity contribution in [1.82, 2.24) is 5.32 Å². The first-order chi connectivity index (χ1) is 8.63. The Hall–Kier alpha value is -1.55. The molecule has 1 unspecified atom stereocenters. The fourth-order valence-electron chi connectivity index (χ4n) is 1.81. The predicted octanol–water partition coefficient (Wildman–Crippen LogP) is 3.02. The summed E-state index contributed by atoms with van der Waals surface area (Å²) in [5.74, 6) is 0. The molecule has 0 aliphatic carbocycles. The standard InChI is InChI=1S/C14H23N3O/c1-3-4-5-10-16-11(2)12-6-8-13(9-7-12)17-14(15)18/h6-9,11,16H,3-5,10H2,1-2H3,(H3,15,17,18). The van der Waals surface area contributed by atoms with Crippen molar-refractivity contribution in [2.45, 2.75) is 39.2 Å². The van der Waals surface area contributed by atoms with Crippen molar-refractivity contribution in [2.75, 3.05) is 11.9 Å². The van der Waals surface area contributed by atoms with Crippen molar-refractivity contribution in [3.8, 4) is 0 Å². The van der Waals surface area contributed by atoms with Gasteiger partial charge in [0.15, 0.2) is 0 Å². The summed E-state index contributed by atoms with van der Waals surface area (Å²) in [6.45, 7) is 5.38. The zero-order chi connectivity index (χ0) is 13.4. The zero-order valence-electron chi connectivity index (χ0n) is 11.2. The van der Waals surface area contributed by atoms with Gasteiger partial charge >= 0.3 is 6.03 Å². The van der Waals surface area contributed by atoms with Crippen molar-refractivity contribution in [3.63, 3.8) is 0 Å². The lowest BCUT2D eigenvalue weighted by molar-refractivity contribution is 0.259. The number of rotatable bonds is 7. The number of unbranched alkanes of at least 4 members (excludes halogenated alkanes) is 2. The first-order valence-electron chi connectivity index (χ1n) is 6.53. The van der Waals surface area contributed by atoms with E-state index in [1.54, 1.807) is 0 Å². The van der Waals surface area contributed by atoms with Gasteiger partial charge in [-0.05, 0) is 37.6 Å². The van der Waals surface area contributed by atoms with Gasteiger partial charge in [-0.15, -0.1) is 0 Å². The lowest BCUT2D eigenvalue weighted by atomic mass is 10.1. The van der Waals surface area contributed by atoms with Gasteiger partial charge in [0.1, 0.15) is 0 Å². The van der Waals surface area contributed by atoms with Crippen molar-refractivity contribution in [1.29, 1.82) is 0 Å². The third-order valence-electron chi connectivity index (χ3n) is 2.91. The minimum absolute atomic E-state index is 0.324. The quantitative estimate of drug-likeness (QED) is 0.650. The van der Waals surface area contributed by atoms with Crippen LogP contribution in [0.2, 0.25) is 0 Å². The van der Waals surface area contributed by atoms with Crippen molar-refractivity contribution in [2.24, 2.45) is 5.73 Å². The van der Waals surface area contributed by atoms with Crippen LogP contribution in [0.4, 0.5) is 10.5 Å². The van der Waals surface area contributed by atoms with Gasteiger partial charge in [0.2, 0.25) is 0 Å². The highest BCUT2D eigenvalue weighted by atomic mass is 16.2. The van der Waals surface area contributed by atoms with Crippen LogP contribution in [0.15, 0.2) is 24.3 Å². The van der Waals surface area contributed by atoms with Crippen molar-refractivity contribution >= 4 is 11.7 Å². The normalized spacial score (nSPS) is 12.1. The first kappa shape index (κ1) is 14.5. The van der Waals surface area contributed by atoms with E-state index in [4.69, 9.17) is 5.73 Å². The van der Waals surface area contributed by atoms with Gasteiger partial charge in [-0.3, -0.25) is 0 Å². The van der Waals surface area contributed by atoms with E-state index in [0.717, 1.165) is 12.2 Å². The van der Waals surface area contributed by atoms with Gasteiger partial charge in [0, 0.05) is 11.7 Å². The fraction of sp³-hybridized carbons (Fsp3) is 0.500. The number of hydrogen-bond donors (Lipinski definition) is 3. The van der Waals surface area contributed by atoms with Crippen LogP contribution < -0.4 is 16.4 Å². The van der Waals surface area contributed by atoms with E-state index in [-0.39, 0.29) is 0 Å². The third-order valence-corrected chi connectivity index (χ3v) is 2.91. The molecule has 4 N–H and O–H groups in total. The predicted molar refractivity (Wildman–Crippen MR) is 75.6 cm³/mol. The van der Waals surface area contributed by atoms with E-state index >= 15 is 0 Å². The van der Waals surface area contributed by atoms with E-state index in [2.05, 4.69) is 24.5 Å². The molecule has 1 aromatic carbocycles. The largest absolute Gasteiger partial charge is 0.351 e. The molecule has 0 fully saturated rings. The Morgan fingerprint density at radius 1 is 1.28 bits per heavy atom. The summed E-state index contributed by atoms with van der Waals surface area (Å²) in [6.07, 6.45) is 3.72. The third kappa shape index (κ3) is 5.19. The molecule has 2 amide bonds. The summed E-state index contributed by atoms with van der Waals surface area (Å²) in [5.41, 5.74) is 6.99. The highest BCUT2D eigenvalue weighted by molar-refractivity contribution is 5.87. The number of primary amides is 1. The molecule has 4 nitrogen and oxygen atoms in total. The van der Waals surface area contributed by atoms with Gasteiger partial charge in [0.25, 0.3) is 0 Å². The Bertz CT molecular complexity index is 362. The van der Waals surface area contributed by atoms with Gasteiger partial charge in [-0.1, -0.05) is 31.9 Å². The smallest absolute Gasteiger partial charge is 0.316 e. The van der Waals surface area contributed by atoms with E-state index in [1.807, 2.05) is 24.3 Å². The molecule has 0 aromatic heterocycles. The molecule has 18 heavy (non-hydrogen) atoms. The maximum Gasteiger partial charge on any atom is 0.316 e. The highest BCUT2D eigenvalue weighted by Crippen LogP contribution is 2.15. The molecule has 1 atom stereocenters. The number of urea groups is 1. The lowest BCUT2D eigenvalue weighted by Crippen LogP contribution is -2.20.